The van der Waals surface area contributed by atoms with Crippen molar-refractivity contribution in [3.05, 3.63) is 83.6 Å². The van der Waals surface area contributed by atoms with Crippen LogP contribution in [-0.4, -0.2) is 10.2 Å². The highest BCUT2D eigenvalue weighted by Crippen LogP contribution is 2.31. The summed E-state index contributed by atoms with van der Waals surface area (Å²) in [5, 5.41) is 13.4. The molecule has 4 rings (SSSR count). The zero-order valence-corrected chi connectivity index (χ0v) is 14.9. The van der Waals surface area contributed by atoms with Crippen LogP contribution in [0.3, 0.4) is 0 Å². The summed E-state index contributed by atoms with van der Waals surface area (Å²) in [4.78, 5) is 0. The van der Waals surface area contributed by atoms with Gasteiger partial charge in [0.1, 0.15) is 17.3 Å². The first kappa shape index (κ1) is 17.1. The Hall–Kier alpha value is -3.34. The fourth-order valence-corrected chi connectivity index (χ4v) is 3.14. The first-order chi connectivity index (χ1) is 13.0. The number of benzene rings is 3. The van der Waals surface area contributed by atoms with Crippen molar-refractivity contribution in [3.8, 4) is 11.3 Å². The minimum absolute atomic E-state index is 0.276. The standard InChI is InChI=1S/C22H17F2N3/c1-13-3-4-17(24)11-21(13)26-18-6-8-20-15(10-18)12-25-27-22(20)19-7-5-16(23)9-14(19)2/h3-12,26H,1-2H3. The molecule has 0 bridgehead atoms. The molecule has 0 spiro atoms. The number of halogens is 2. The van der Waals surface area contributed by atoms with Gasteiger partial charge in [-0.2, -0.15) is 5.10 Å². The topological polar surface area (TPSA) is 37.8 Å². The first-order valence-corrected chi connectivity index (χ1v) is 8.56. The summed E-state index contributed by atoms with van der Waals surface area (Å²) in [6.07, 6.45) is 1.68. The third-order valence-electron chi connectivity index (χ3n) is 4.58. The monoisotopic (exact) mass is 361 g/mol. The van der Waals surface area contributed by atoms with E-state index < -0.39 is 0 Å². The lowest BCUT2D eigenvalue weighted by molar-refractivity contribution is 0.626. The molecule has 134 valence electrons. The molecule has 3 nitrogen and oxygen atoms in total. The Balaban J connectivity index is 1.77. The average Bonchev–Trinajstić information content (AvgIpc) is 2.64. The number of aromatic nitrogens is 2. The van der Waals surface area contributed by atoms with E-state index in [2.05, 4.69) is 15.5 Å². The second-order valence-electron chi connectivity index (χ2n) is 6.54. The molecular weight excluding hydrogens is 344 g/mol. The number of anilines is 2. The third-order valence-corrected chi connectivity index (χ3v) is 4.58. The van der Waals surface area contributed by atoms with Gasteiger partial charge in [-0.1, -0.05) is 6.07 Å². The lowest BCUT2D eigenvalue weighted by Crippen LogP contribution is -1.96. The molecule has 0 saturated heterocycles. The highest BCUT2D eigenvalue weighted by Gasteiger charge is 2.11. The molecule has 3 aromatic carbocycles. The van der Waals surface area contributed by atoms with Crippen LogP contribution in [0, 0.1) is 25.5 Å². The van der Waals surface area contributed by atoms with Gasteiger partial charge in [-0.15, -0.1) is 5.10 Å². The van der Waals surface area contributed by atoms with Crippen LogP contribution in [0.2, 0.25) is 0 Å². The van der Waals surface area contributed by atoms with Crippen molar-refractivity contribution in [2.75, 3.05) is 5.32 Å². The molecule has 0 fully saturated rings. The zero-order valence-electron chi connectivity index (χ0n) is 14.9. The number of rotatable bonds is 3. The molecule has 1 heterocycles. The van der Waals surface area contributed by atoms with Crippen molar-refractivity contribution in [2.24, 2.45) is 0 Å². The quantitative estimate of drug-likeness (QED) is 0.491. The molecule has 1 aromatic heterocycles. The van der Waals surface area contributed by atoms with Gasteiger partial charge in [-0.05, 0) is 73.5 Å². The van der Waals surface area contributed by atoms with Crippen molar-refractivity contribution in [2.45, 2.75) is 13.8 Å². The Morgan fingerprint density at radius 2 is 1.59 bits per heavy atom. The van der Waals surface area contributed by atoms with Crippen LogP contribution in [0.5, 0.6) is 0 Å². The molecular formula is C22H17F2N3. The van der Waals surface area contributed by atoms with E-state index in [1.54, 1.807) is 18.3 Å². The SMILES string of the molecule is Cc1ccc(F)cc1Nc1ccc2c(-c3ccc(F)cc3C)nncc2c1. The van der Waals surface area contributed by atoms with Gasteiger partial charge in [0.05, 0.1) is 6.20 Å². The summed E-state index contributed by atoms with van der Waals surface area (Å²) >= 11 is 0. The van der Waals surface area contributed by atoms with Gasteiger partial charge in [-0.25, -0.2) is 8.78 Å². The summed E-state index contributed by atoms with van der Waals surface area (Å²) in [7, 11) is 0. The number of nitrogens with zero attached hydrogens (tertiary/aromatic N) is 2. The van der Waals surface area contributed by atoms with Crippen LogP contribution >= 0.6 is 0 Å². The molecule has 0 unspecified atom stereocenters. The molecule has 0 amide bonds. The van der Waals surface area contributed by atoms with Gasteiger partial charge >= 0.3 is 0 Å². The fraction of sp³-hybridized carbons (Fsp3) is 0.0909. The van der Waals surface area contributed by atoms with Gasteiger partial charge in [0, 0.05) is 27.7 Å². The minimum atomic E-state index is -0.288. The lowest BCUT2D eigenvalue weighted by Gasteiger charge is -2.12. The van der Waals surface area contributed by atoms with E-state index in [0.29, 0.717) is 11.4 Å². The van der Waals surface area contributed by atoms with Gasteiger partial charge in [0.15, 0.2) is 0 Å². The normalized spacial score (nSPS) is 11.0. The van der Waals surface area contributed by atoms with E-state index in [4.69, 9.17) is 0 Å². The molecule has 0 atom stereocenters. The largest absolute Gasteiger partial charge is 0.355 e. The molecule has 4 aromatic rings. The van der Waals surface area contributed by atoms with Crippen molar-refractivity contribution < 1.29 is 8.78 Å². The zero-order chi connectivity index (χ0) is 19.0. The molecule has 1 N–H and O–H groups in total. The van der Waals surface area contributed by atoms with Crippen LogP contribution in [0.25, 0.3) is 22.0 Å². The van der Waals surface area contributed by atoms with Crippen LogP contribution in [0.15, 0.2) is 60.8 Å². The van der Waals surface area contributed by atoms with E-state index in [-0.39, 0.29) is 11.6 Å². The van der Waals surface area contributed by atoms with Crippen molar-refractivity contribution in [1.29, 1.82) is 0 Å². The maximum atomic E-state index is 13.5. The second kappa shape index (κ2) is 6.76. The smallest absolute Gasteiger partial charge is 0.125 e. The summed E-state index contributed by atoms with van der Waals surface area (Å²) in [6, 6.07) is 15.1. The average molecular weight is 361 g/mol. The number of fused-ring (bicyclic) bond motifs is 1. The van der Waals surface area contributed by atoms with Crippen molar-refractivity contribution >= 4 is 22.1 Å². The maximum Gasteiger partial charge on any atom is 0.125 e. The Morgan fingerprint density at radius 1 is 0.815 bits per heavy atom. The van der Waals surface area contributed by atoms with E-state index in [9.17, 15) is 8.78 Å². The molecule has 0 aliphatic heterocycles. The van der Waals surface area contributed by atoms with E-state index >= 15 is 0 Å². The van der Waals surface area contributed by atoms with Crippen LogP contribution in [0.4, 0.5) is 20.2 Å². The number of hydrogen-bond acceptors (Lipinski definition) is 3. The Bertz CT molecular complexity index is 1160. The van der Waals surface area contributed by atoms with Gasteiger partial charge < -0.3 is 5.32 Å². The summed E-state index contributed by atoms with van der Waals surface area (Å²) in [6.45, 7) is 3.77. The molecule has 0 aliphatic carbocycles. The summed E-state index contributed by atoms with van der Waals surface area (Å²) in [5.74, 6) is -0.565. The number of nitrogens with one attached hydrogen (secondary N) is 1. The Morgan fingerprint density at radius 3 is 2.41 bits per heavy atom. The Kier molecular flexibility index (Phi) is 4.28. The second-order valence-corrected chi connectivity index (χ2v) is 6.54. The predicted octanol–water partition coefficient (Wildman–Crippen LogP) is 5.94. The van der Waals surface area contributed by atoms with Gasteiger partial charge in [0.2, 0.25) is 0 Å². The minimum Gasteiger partial charge on any atom is -0.355 e. The predicted molar refractivity (Wildman–Crippen MR) is 104 cm³/mol. The lowest BCUT2D eigenvalue weighted by atomic mass is 10.0. The van der Waals surface area contributed by atoms with E-state index in [1.165, 1.54) is 24.3 Å². The van der Waals surface area contributed by atoms with E-state index in [0.717, 1.165) is 33.2 Å². The maximum absolute atomic E-state index is 13.5. The number of aryl methyl sites for hydroxylation is 2. The molecule has 27 heavy (non-hydrogen) atoms. The van der Waals surface area contributed by atoms with Crippen molar-refractivity contribution in [3.63, 3.8) is 0 Å². The van der Waals surface area contributed by atoms with Crippen LogP contribution < -0.4 is 5.32 Å². The van der Waals surface area contributed by atoms with E-state index in [1.807, 2.05) is 32.0 Å². The Labute approximate surface area is 155 Å². The highest BCUT2D eigenvalue weighted by atomic mass is 19.1. The fourth-order valence-electron chi connectivity index (χ4n) is 3.14. The molecule has 0 saturated carbocycles. The third kappa shape index (κ3) is 3.36. The molecule has 5 heteroatoms. The molecule has 0 radical (unpaired) electrons. The van der Waals surface area contributed by atoms with Gasteiger partial charge in [0.25, 0.3) is 0 Å². The summed E-state index contributed by atoms with van der Waals surface area (Å²) < 4.78 is 27.0. The summed E-state index contributed by atoms with van der Waals surface area (Å²) in [5.41, 5.74) is 4.84. The first-order valence-electron chi connectivity index (χ1n) is 8.56. The number of hydrogen-bond donors (Lipinski definition) is 1. The van der Waals surface area contributed by atoms with Crippen LogP contribution in [-0.2, 0) is 0 Å². The highest BCUT2D eigenvalue weighted by molar-refractivity contribution is 5.96. The van der Waals surface area contributed by atoms with Crippen molar-refractivity contribution in [1.82, 2.24) is 10.2 Å². The van der Waals surface area contributed by atoms with Crippen LogP contribution in [0.1, 0.15) is 11.1 Å². The molecule has 0 aliphatic rings. The van der Waals surface area contributed by atoms with Gasteiger partial charge in [-0.3, -0.25) is 0 Å².